The Kier molecular flexibility index (Phi) is 3.79. The zero-order chi connectivity index (χ0) is 17.4. The van der Waals surface area contributed by atoms with Gasteiger partial charge in [-0.15, -0.1) is 0 Å². The van der Waals surface area contributed by atoms with E-state index in [1.54, 1.807) is 24.4 Å². The van der Waals surface area contributed by atoms with Crippen molar-refractivity contribution >= 4 is 23.4 Å². The van der Waals surface area contributed by atoms with Crippen molar-refractivity contribution in [2.45, 2.75) is 12.8 Å². The third kappa shape index (κ3) is 2.69. The Bertz CT molecular complexity index is 809. The Morgan fingerprint density at radius 1 is 1.28 bits per heavy atom. The van der Waals surface area contributed by atoms with E-state index in [2.05, 4.69) is 14.7 Å². The molecule has 0 spiro atoms. The molecule has 4 heterocycles. The van der Waals surface area contributed by atoms with Crippen molar-refractivity contribution in [1.29, 1.82) is 0 Å². The number of H-pyrrole nitrogens is 1. The highest BCUT2D eigenvalue weighted by Crippen LogP contribution is 2.39. The van der Waals surface area contributed by atoms with Gasteiger partial charge in [0, 0.05) is 19.2 Å². The third-order valence-corrected chi connectivity index (χ3v) is 4.46. The predicted molar refractivity (Wildman–Crippen MR) is 89.1 cm³/mol. The van der Waals surface area contributed by atoms with Gasteiger partial charge in [0.15, 0.2) is 18.3 Å². The van der Waals surface area contributed by atoms with Gasteiger partial charge in [-0.05, 0) is 25.0 Å². The summed E-state index contributed by atoms with van der Waals surface area (Å²) in [5, 5.41) is 0. The lowest BCUT2D eigenvalue weighted by atomic mass is 10.3. The Morgan fingerprint density at radius 2 is 2.08 bits per heavy atom. The van der Waals surface area contributed by atoms with Gasteiger partial charge in [0.2, 0.25) is 0 Å². The van der Waals surface area contributed by atoms with Crippen molar-refractivity contribution in [2.75, 3.05) is 31.8 Å². The van der Waals surface area contributed by atoms with Crippen molar-refractivity contribution in [3.8, 4) is 5.75 Å². The molecule has 0 unspecified atom stereocenters. The van der Waals surface area contributed by atoms with Crippen LogP contribution in [0.2, 0.25) is 0 Å². The quantitative estimate of drug-likeness (QED) is 0.858. The first-order chi connectivity index (χ1) is 12.2. The molecule has 0 aliphatic carbocycles. The number of methoxy groups -OCH3 is 1. The summed E-state index contributed by atoms with van der Waals surface area (Å²) in [7, 11) is 1.32. The number of amides is 1. The molecule has 1 N–H and O–H groups in total. The van der Waals surface area contributed by atoms with Crippen LogP contribution >= 0.6 is 0 Å². The molecule has 130 valence electrons. The average molecular weight is 342 g/mol. The highest BCUT2D eigenvalue weighted by Gasteiger charge is 2.29. The van der Waals surface area contributed by atoms with E-state index in [1.165, 1.54) is 7.11 Å². The first-order valence-corrected chi connectivity index (χ1v) is 8.14. The van der Waals surface area contributed by atoms with E-state index >= 15 is 0 Å². The maximum atomic E-state index is 12.5. The second-order valence-corrected chi connectivity index (χ2v) is 5.99. The number of nitrogens with one attached hydrogen (secondary N) is 1. The number of fused-ring (bicyclic) bond motifs is 1. The maximum absolute atomic E-state index is 12.5. The molecule has 2 aromatic rings. The van der Waals surface area contributed by atoms with Crippen molar-refractivity contribution in [3.63, 3.8) is 0 Å². The number of anilines is 2. The lowest BCUT2D eigenvalue weighted by molar-refractivity contribution is 0.0593. The summed E-state index contributed by atoms with van der Waals surface area (Å²) in [6, 6.07) is 5.10. The van der Waals surface area contributed by atoms with E-state index in [4.69, 9.17) is 4.74 Å². The topological polar surface area (TPSA) is 87.8 Å². The third-order valence-electron chi connectivity index (χ3n) is 4.46. The summed E-state index contributed by atoms with van der Waals surface area (Å²) < 4.78 is 10.3. The van der Waals surface area contributed by atoms with Gasteiger partial charge in [0.1, 0.15) is 11.4 Å². The number of carbonyl (C=O) groups excluding carboxylic acids is 2. The summed E-state index contributed by atoms with van der Waals surface area (Å²) in [5.74, 6) is 0.868. The Morgan fingerprint density at radius 3 is 2.76 bits per heavy atom. The number of likely N-dealkylation sites (tertiary alicyclic amines) is 1. The number of aromatic amines is 1. The molecule has 2 aliphatic rings. The molecule has 8 nitrogen and oxygen atoms in total. The smallest absolute Gasteiger partial charge is 0.356 e. The molecule has 4 rings (SSSR count). The summed E-state index contributed by atoms with van der Waals surface area (Å²) in [5.41, 5.74) is 1.52. The molecule has 25 heavy (non-hydrogen) atoms. The van der Waals surface area contributed by atoms with Gasteiger partial charge >= 0.3 is 5.97 Å². The van der Waals surface area contributed by atoms with Crippen LogP contribution < -0.4 is 9.64 Å². The summed E-state index contributed by atoms with van der Waals surface area (Å²) in [6.07, 6.45) is 3.67. The zero-order valence-corrected chi connectivity index (χ0v) is 13.8. The number of aromatic nitrogens is 2. The Hall–Kier alpha value is -3.03. The standard InChI is InChI=1S/C17H18N4O4/c1-24-17(23)12-5-4-11(9-18-12)21-10-25-14-8-13(19-15(14)21)16(22)20-6-2-3-7-20/h4-5,8-9,19H,2-3,6-7,10H2,1H3. The van der Waals surface area contributed by atoms with Gasteiger partial charge in [-0.25, -0.2) is 9.78 Å². The van der Waals surface area contributed by atoms with Crippen LogP contribution in [-0.4, -0.2) is 53.7 Å². The fourth-order valence-corrected chi connectivity index (χ4v) is 3.11. The van der Waals surface area contributed by atoms with E-state index in [1.807, 2.05) is 9.80 Å². The van der Waals surface area contributed by atoms with Gasteiger partial charge in [0.25, 0.3) is 5.91 Å². The molecule has 2 aliphatic heterocycles. The van der Waals surface area contributed by atoms with E-state index in [0.717, 1.165) is 37.4 Å². The fraction of sp³-hybridized carbons (Fsp3) is 0.353. The van der Waals surface area contributed by atoms with Crippen LogP contribution in [0.3, 0.4) is 0 Å². The van der Waals surface area contributed by atoms with Crippen LogP contribution in [0.15, 0.2) is 24.4 Å². The number of carbonyl (C=O) groups is 2. The van der Waals surface area contributed by atoms with Crippen LogP contribution in [0.4, 0.5) is 11.5 Å². The molecule has 0 aromatic carbocycles. The largest absolute Gasteiger partial charge is 0.469 e. The lowest BCUT2D eigenvalue weighted by Gasteiger charge is -2.17. The molecule has 0 radical (unpaired) electrons. The normalized spacial score (nSPS) is 15.9. The van der Waals surface area contributed by atoms with Crippen molar-refractivity contribution in [3.05, 3.63) is 35.8 Å². The van der Waals surface area contributed by atoms with E-state index in [-0.39, 0.29) is 11.6 Å². The van der Waals surface area contributed by atoms with Crippen molar-refractivity contribution in [1.82, 2.24) is 14.9 Å². The summed E-state index contributed by atoms with van der Waals surface area (Å²) >= 11 is 0. The Balaban J connectivity index is 1.57. The molecule has 1 amide bonds. The molecule has 1 saturated heterocycles. The van der Waals surface area contributed by atoms with Gasteiger partial charge in [-0.2, -0.15) is 0 Å². The van der Waals surface area contributed by atoms with Crippen molar-refractivity contribution in [2.24, 2.45) is 0 Å². The van der Waals surface area contributed by atoms with Crippen LogP contribution in [0.25, 0.3) is 0 Å². The molecule has 0 atom stereocenters. The molecule has 0 saturated carbocycles. The minimum atomic E-state index is -0.483. The van der Waals surface area contributed by atoms with Gasteiger partial charge < -0.3 is 19.4 Å². The van der Waals surface area contributed by atoms with E-state index < -0.39 is 5.97 Å². The van der Waals surface area contributed by atoms with E-state index in [9.17, 15) is 9.59 Å². The predicted octanol–water partition coefficient (Wildman–Crippen LogP) is 1.92. The fourth-order valence-electron chi connectivity index (χ4n) is 3.11. The Labute approximate surface area is 144 Å². The highest BCUT2D eigenvalue weighted by atomic mass is 16.5. The van der Waals surface area contributed by atoms with Crippen LogP contribution in [0.5, 0.6) is 5.75 Å². The minimum Gasteiger partial charge on any atom is -0.469 e. The number of nitrogens with zero attached hydrogens (tertiary/aromatic N) is 3. The number of rotatable bonds is 3. The molecule has 8 heteroatoms. The highest BCUT2D eigenvalue weighted by molar-refractivity contribution is 5.95. The van der Waals surface area contributed by atoms with Crippen LogP contribution in [0.1, 0.15) is 33.8 Å². The number of ether oxygens (including phenoxy) is 2. The summed E-state index contributed by atoms with van der Waals surface area (Å²) in [6.45, 7) is 1.91. The van der Waals surface area contributed by atoms with Crippen LogP contribution in [0, 0.1) is 0 Å². The second kappa shape index (κ2) is 6.12. The SMILES string of the molecule is COC(=O)c1ccc(N2COc3cc(C(=O)N4CCCC4)[nH]c32)cn1. The summed E-state index contributed by atoms with van der Waals surface area (Å²) in [4.78, 5) is 35.0. The zero-order valence-electron chi connectivity index (χ0n) is 13.8. The first kappa shape index (κ1) is 15.5. The van der Waals surface area contributed by atoms with E-state index in [0.29, 0.717) is 18.2 Å². The average Bonchev–Trinajstić information content (AvgIpc) is 3.37. The monoisotopic (exact) mass is 342 g/mol. The number of pyridine rings is 1. The number of hydrogen-bond donors (Lipinski definition) is 1. The molecular formula is C17H18N4O4. The second-order valence-electron chi connectivity index (χ2n) is 5.99. The molecule has 2 aromatic heterocycles. The van der Waals surface area contributed by atoms with Crippen LogP contribution in [-0.2, 0) is 4.74 Å². The first-order valence-electron chi connectivity index (χ1n) is 8.14. The van der Waals surface area contributed by atoms with Gasteiger partial charge in [0.05, 0.1) is 19.0 Å². The number of hydrogen-bond acceptors (Lipinski definition) is 6. The van der Waals surface area contributed by atoms with Gasteiger partial charge in [-0.3, -0.25) is 9.69 Å². The molecule has 0 bridgehead atoms. The number of esters is 1. The molecular weight excluding hydrogens is 324 g/mol. The maximum Gasteiger partial charge on any atom is 0.356 e. The lowest BCUT2D eigenvalue weighted by Crippen LogP contribution is -2.28. The van der Waals surface area contributed by atoms with Crippen molar-refractivity contribution < 1.29 is 19.1 Å². The molecule has 1 fully saturated rings. The van der Waals surface area contributed by atoms with Gasteiger partial charge in [-0.1, -0.05) is 0 Å². The minimum absolute atomic E-state index is 0.00499.